The Morgan fingerprint density at radius 3 is 3.06 bits per heavy atom. The van der Waals surface area contributed by atoms with Gasteiger partial charge in [-0.2, -0.15) is 0 Å². The Morgan fingerprint density at radius 1 is 1.39 bits per heavy atom. The Labute approximate surface area is 108 Å². The molecule has 1 aliphatic rings. The number of hydrogen-bond donors (Lipinski definition) is 2. The first-order valence-electron chi connectivity index (χ1n) is 6.78. The van der Waals surface area contributed by atoms with E-state index in [1.807, 2.05) is 0 Å². The van der Waals surface area contributed by atoms with Crippen molar-refractivity contribution in [3.63, 3.8) is 0 Å². The van der Waals surface area contributed by atoms with Gasteiger partial charge in [0, 0.05) is 36.1 Å². The van der Waals surface area contributed by atoms with Crippen LogP contribution in [0.5, 0.6) is 0 Å². The number of hydrogen-bond acceptors (Lipinski definition) is 2. The van der Waals surface area contributed by atoms with E-state index in [1.54, 1.807) is 0 Å². The SMILES string of the molecule is Cn1cc(C2CCNC2CCN)c2ccccc21. The van der Waals surface area contributed by atoms with Crippen LogP contribution < -0.4 is 11.1 Å². The van der Waals surface area contributed by atoms with Gasteiger partial charge in [-0.1, -0.05) is 18.2 Å². The molecule has 2 heterocycles. The van der Waals surface area contributed by atoms with Crippen LogP contribution in [0.2, 0.25) is 0 Å². The molecule has 2 unspecified atom stereocenters. The summed E-state index contributed by atoms with van der Waals surface area (Å²) >= 11 is 0. The summed E-state index contributed by atoms with van der Waals surface area (Å²) in [6, 6.07) is 9.21. The van der Waals surface area contributed by atoms with Crippen LogP contribution in [0.4, 0.5) is 0 Å². The summed E-state index contributed by atoms with van der Waals surface area (Å²) in [5, 5.41) is 4.99. The van der Waals surface area contributed by atoms with Gasteiger partial charge in [0.1, 0.15) is 0 Å². The van der Waals surface area contributed by atoms with Gasteiger partial charge in [0.2, 0.25) is 0 Å². The molecule has 1 aromatic carbocycles. The summed E-state index contributed by atoms with van der Waals surface area (Å²) in [7, 11) is 2.13. The number of nitrogens with two attached hydrogens (primary N) is 1. The first-order chi connectivity index (χ1) is 8.81. The summed E-state index contributed by atoms with van der Waals surface area (Å²) in [5.74, 6) is 0.611. The highest BCUT2D eigenvalue weighted by Gasteiger charge is 2.29. The number of nitrogens with one attached hydrogen (secondary N) is 1. The number of para-hydroxylation sites is 1. The van der Waals surface area contributed by atoms with E-state index in [1.165, 1.54) is 22.9 Å². The van der Waals surface area contributed by atoms with Crippen LogP contribution >= 0.6 is 0 Å². The van der Waals surface area contributed by atoms with Gasteiger partial charge in [-0.25, -0.2) is 0 Å². The van der Waals surface area contributed by atoms with Gasteiger partial charge in [0.25, 0.3) is 0 Å². The maximum Gasteiger partial charge on any atom is 0.0480 e. The standard InChI is InChI=1S/C15H21N3/c1-18-10-13(12-4-2-3-5-15(12)18)11-7-9-17-14(11)6-8-16/h2-5,10-11,14,17H,6-9,16H2,1H3. The Morgan fingerprint density at radius 2 is 2.22 bits per heavy atom. The van der Waals surface area contributed by atoms with E-state index in [0.717, 1.165) is 19.5 Å². The quantitative estimate of drug-likeness (QED) is 0.865. The lowest BCUT2D eigenvalue weighted by molar-refractivity contribution is 0.517. The molecule has 1 fully saturated rings. The molecule has 0 saturated carbocycles. The van der Waals surface area contributed by atoms with E-state index in [0.29, 0.717) is 12.0 Å². The maximum absolute atomic E-state index is 5.72. The molecule has 3 nitrogen and oxygen atoms in total. The summed E-state index contributed by atoms with van der Waals surface area (Å²) in [4.78, 5) is 0. The Bertz CT molecular complexity index is 544. The second kappa shape index (κ2) is 4.75. The van der Waals surface area contributed by atoms with Crippen molar-refractivity contribution < 1.29 is 0 Å². The predicted octanol–water partition coefficient (Wildman–Crippen LogP) is 1.97. The van der Waals surface area contributed by atoms with Crippen LogP contribution in [0.25, 0.3) is 10.9 Å². The Balaban J connectivity index is 2.03. The van der Waals surface area contributed by atoms with Crippen molar-refractivity contribution in [2.24, 2.45) is 12.8 Å². The van der Waals surface area contributed by atoms with Crippen LogP contribution in [0, 0.1) is 0 Å². The van der Waals surface area contributed by atoms with Crippen molar-refractivity contribution in [2.75, 3.05) is 13.1 Å². The maximum atomic E-state index is 5.72. The molecule has 1 aromatic heterocycles. The number of nitrogens with zero attached hydrogens (tertiary/aromatic N) is 1. The lowest BCUT2D eigenvalue weighted by Gasteiger charge is -2.18. The van der Waals surface area contributed by atoms with Gasteiger partial charge in [-0.15, -0.1) is 0 Å². The summed E-state index contributed by atoms with van der Waals surface area (Å²) in [5.41, 5.74) is 8.53. The Kier molecular flexibility index (Phi) is 3.10. The van der Waals surface area contributed by atoms with Crippen molar-refractivity contribution in [3.05, 3.63) is 36.0 Å². The van der Waals surface area contributed by atoms with Crippen molar-refractivity contribution in [1.82, 2.24) is 9.88 Å². The van der Waals surface area contributed by atoms with Crippen molar-refractivity contribution in [2.45, 2.75) is 24.8 Å². The second-order valence-electron chi connectivity index (χ2n) is 5.25. The lowest BCUT2D eigenvalue weighted by atomic mass is 9.90. The highest BCUT2D eigenvalue weighted by molar-refractivity contribution is 5.84. The highest BCUT2D eigenvalue weighted by Crippen LogP contribution is 2.34. The molecular weight excluding hydrogens is 222 g/mol. The fourth-order valence-corrected chi connectivity index (χ4v) is 3.29. The van der Waals surface area contributed by atoms with E-state index in [2.05, 4.69) is 47.4 Å². The van der Waals surface area contributed by atoms with Gasteiger partial charge in [0.05, 0.1) is 0 Å². The molecule has 2 atom stereocenters. The van der Waals surface area contributed by atoms with Gasteiger partial charge < -0.3 is 15.6 Å². The zero-order valence-corrected chi connectivity index (χ0v) is 10.9. The average molecular weight is 243 g/mol. The van der Waals surface area contributed by atoms with Gasteiger partial charge in [0.15, 0.2) is 0 Å². The third-order valence-corrected chi connectivity index (χ3v) is 4.15. The van der Waals surface area contributed by atoms with Crippen LogP contribution in [-0.2, 0) is 7.05 Å². The monoisotopic (exact) mass is 243 g/mol. The number of benzene rings is 1. The molecule has 0 spiro atoms. The molecule has 0 bridgehead atoms. The molecular formula is C15H21N3. The third-order valence-electron chi connectivity index (χ3n) is 4.15. The fourth-order valence-electron chi connectivity index (χ4n) is 3.29. The predicted molar refractivity (Wildman–Crippen MR) is 75.7 cm³/mol. The highest BCUT2D eigenvalue weighted by atomic mass is 15.0. The fraction of sp³-hybridized carbons (Fsp3) is 0.467. The minimum absolute atomic E-state index is 0.542. The van der Waals surface area contributed by atoms with Crippen LogP contribution in [0.3, 0.4) is 0 Å². The topological polar surface area (TPSA) is 43.0 Å². The molecule has 0 amide bonds. The number of fused-ring (bicyclic) bond motifs is 1. The largest absolute Gasteiger partial charge is 0.350 e. The minimum atomic E-state index is 0.542. The second-order valence-corrected chi connectivity index (χ2v) is 5.25. The number of aromatic nitrogens is 1. The molecule has 2 aromatic rings. The van der Waals surface area contributed by atoms with Crippen LogP contribution in [0.1, 0.15) is 24.3 Å². The summed E-state index contributed by atoms with van der Waals surface area (Å²) in [6.45, 7) is 1.87. The van der Waals surface area contributed by atoms with E-state index < -0.39 is 0 Å². The molecule has 1 aliphatic heterocycles. The van der Waals surface area contributed by atoms with Gasteiger partial charge in [-0.05, 0) is 37.6 Å². The van der Waals surface area contributed by atoms with E-state index in [9.17, 15) is 0 Å². The van der Waals surface area contributed by atoms with Crippen molar-refractivity contribution >= 4 is 10.9 Å². The lowest BCUT2D eigenvalue weighted by Crippen LogP contribution is -2.28. The number of rotatable bonds is 3. The molecule has 3 N–H and O–H groups in total. The van der Waals surface area contributed by atoms with E-state index >= 15 is 0 Å². The van der Waals surface area contributed by atoms with Crippen LogP contribution in [-0.4, -0.2) is 23.7 Å². The third kappa shape index (κ3) is 1.84. The summed E-state index contributed by atoms with van der Waals surface area (Å²) < 4.78 is 2.24. The molecule has 3 rings (SSSR count). The first kappa shape index (κ1) is 11.8. The van der Waals surface area contributed by atoms with Crippen molar-refractivity contribution in [3.8, 4) is 0 Å². The normalized spacial score (nSPS) is 23.9. The molecule has 0 aliphatic carbocycles. The van der Waals surface area contributed by atoms with Crippen molar-refractivity contribution in [1.29, 1.82) is 0 Å². The average Bonchev–Trinajstić information content (AvgIpc) is 2.96. The van der Waals surface area contributed by atoms with Gasteiger partial charge >= 0.3 is 0 Å². The Hall–Kier alpha value is -1.32. The molecule has 3 heteroatoms. The zero-order chi connectivity index (χ0) is 12.5. The van der Waals surface area contributed by atoms with E-state index in [-0.39, 0.29) is 0 Å². The van der Waals surface area contributed by atoms with Crippen LogP contribution in [0.15, 0.2) is 30.5 Å². The smallest absolute Gasteiger partial charge is 0.0480 e. The zero-order valence-electron chi connectivity index (χ0n) is 10.9. The number of aryl methyl sites for hydroxylation is 1. The first-order valence-corrected chi connectivity index (χ1v) is 6.78. The minimum Gasteiger partial charge on any atom is -0.350 e. The molecule has 0 radical (unpaired) electrons. The molecule has 1 saturated heterocycles. The molecule has 18 heavy (non-hydrogen) atoms. The van der Waals surface area contributed by atoms with Gasteiger partial charge in [-0.3, -0.25) is 0 Å². The summed E-state index contributed by atoms with van der Waals surface area (Å²) in [6.07, 6.45) is 4.58. The van der Waals surface area contributed by atoms with E-state index in [4.69, 9.17) is 5.73 Å². The molecule has 96 valence electrons.